The van der Waals surface area contributed by atoms with Crippen LogP contribution in [-0.2, 0) is 6.54 Å². The highest BCUT2D eigenvalue weighted by atomic mass is 16.3. The largest absolute Gasteiger partial charge is 0.294 e. The molecule has 14 heavy (non-hydrogen) atoms. The van der Waals surface area contributed by atoms with Gasteiger partial charge in [-0.15, -0.1) is 4.91 Å². The summed E-state index contributed by atoms with van der Waals surface area (Å²) in [5.41, 5.74) is 1.20. The first-order valence-electron chi connectivity index (χ1n) is 4.69. The molecule has 0 unspecified atom stereocenters. The number of hydrogen-bond acceptors (Lipinski definition) is 3. The second-order valence-corrected chi connectivity index (χ2v) is 2.97. The van der Waals surface area contributed by atoms with Crippen molar-refractivity contribution >= 4 is 0 Å². The second-order valence-electron chi connectivity index (χ2n) is 2.97. The highest BCUT2D eigenvalue weighted by Crippen LogP contribution is 1.97. The molecule has 0 amide bonds. The molecule has 0 aromatic heterocycles. The van der Waals surface area contributed by atoms with Crippen LogP contribution in [0.2, 0.25) is 0 Å². The minimum absolute atomic E-state index is 0.495. The van der Waals surface area contributed by atoms with Crippen molar-refractivity contribution < 1.29 is 0 Å². The Morgan fingerprint density at radius 3 is 2.64 bits per heavy atom. The first-order valence-corrected chi connectivity index (χ1v) is 4.69. The molecule has 0 spiro atoms. The third kappa shape index (κ3) is 3.53. The Morgan fingerprint density at radius 1 is 1.36 bits per heavy atom. The highest BCUT2D eigenvalue weighted by molar-refractivity contribution is 5.14. The van der Waals surface area contributed by atoms with Crippen LogP contribution in [0.5, 0.6) is 0 Å². The minimum atomic E-state index is 0.495. The van der Waals surface area contributed by atoms with Gasteiger partial charge in [0.25, 0.3) is 0 Å². The molecule has 1 rings (SSSR count). The molecule has 0 fully saturated rings. The summed E-state index contributed by atoms with van der Waals surface area (Å²) < 4.78 is 0. The lowest BCUT2D eigenvalue weighted by Crippen LogP contribution is -2.29. The zero-order valence-corrected chi connectivity index (χ0v) is 8.31. The van der Waals surface area contributed by atoms with E-state index in [2.05, 4.69) is 10.6 Å². The number of rotatable bonds is 6. The molecule has 0 heterocycles. The van der Waals surface area contributed by atoms with E-state index >= 15 is 0 Å². The Hall–Kier alpha value is -1.42. The summed E-state index contributed by atoms with van der Waals surface area (Å²) in [4.78, 5) is 10.2. The van der Waals surface area contributed by atoms with Crippen molar-refractivity contribution in [1.82, 2.24) is 10.3 Å². The van der Waals surface area contributed by atoms with Crippen LogP contribution in [0.15, 0.2) is 35.6 Å². The van der Waals surface area contributed by atoms with Gasteiger partial charge in [0.05, 0.1) is 12.0 Å². The molecular weight excluding hydrogens is 178 g/mol. The van der Waals surface area contributed by atoms with E-state index in [1.807, 2.05) is 37.3 Å². The monoisotopic (exact) mass is 193 g/mol. The molecule has 0 aliphatic heterocycles. The maximum Gasteiger partial charge on any atom is 0.0889 e. The maximum absolute atomic E-state index is 10.2. The molecule has 0 bridgehead atoms. The van der Waals surface area contributed by atoms with Gasteiger partial charge in [-0.05, 0) is 12.5 Å². The minimum Gasteiger partial charge on any atom is -0.294 e. The maximum atomic E-state index is 10.2. The summed E-state index contributed by atoms with van der Waals surface area (Å²) in [5, 5.41) is 7.43. The fraction of sp³-hybridized carbons (Fsp3) is 0.400. The molecule has 0 radical (unpaired) electrons. The Labute approximate surface area is 83.9 Å². The lowest BCUT2D eigenvalue weighted by Gasteiger charge is -2.13. The number of benzene rings is 1. The van der Waals surface area contributed by atoms with E-state index in [4.69, 9.17) is 0 Å². The van der Waals surface area contributed by atoms with E-state index in [0.717, 1.165) is 6.54 Å². The van der Waals surface area contributed by atoms with Gasteiger partial charge >= 0.3 is 0 Å². The molecule has 1 aromatic carbocycles. The lowest BCUT2D eigenvalue weighted by molar-refractivity contribution is 0.274. The molecule has 0 atom stereocenters. The Bertz CT molecular complexity index is 263. The van der Waals surface area contributed by atoms with Crippen molar-refractivity contribution in [3.8, 4) is 0 Å². The normalized spacial score (nSPS) is 9.79. The zero-order chi connectivity index (χ0) is 10.2. The Morgan fingerprint density at radius 2 is 2.07 bits per heavy atom. The average Bonchev–Trinajstić information content (AvgIpc) is 2.26. The first-order chi connectivity index (χ1) is 6.86. The van der Waals surface area contributed by atoms with Crippen molar-refractivity contribution in [2.24, 2.45) is 5.29 Å². The van der Waals surface area contributed by atoms with Crippen LogP contribution < -0.4 is 5.32 Å². The molecule has 1 aromatic rings. The van der Waals surface area contributed by atoms with Gasteiger partial charge in [-0.1, -0.05) is 30.3 Å². The first kappa shape index (κ1) is 10.7. The molecule has 0 saturated carbocycles. The van der Waals surface area contributed by atoms with Crippen LogP contribution >= 0.6 is 0 Å². The summed E-state index contributed by atoms with van der Waals surface area (Å²) in [6, 6.07) is 10.0. The molecule has 4 heteroatoms. The Balaban J connectivity index is 2.25. The number of hydrogen-bond donors (Lipinski definition) is 1. The summed E-state index contributed by atoms with van der Waals surface area (Å²) in [5.74, 6) is 0. The topological polar surface area (TPSA) is 44.7 Å². The molecular formula is C10H15N3O. The average molecular weight is 193 g/mol. The van der Waals surface area contributed by atoms with E-state index < -0.39 is 0 Å². The van der Waals surface area contributed by atoms with E-state index in [1.165, 1.54) is 10.6 Å². The predicted octanol–water partition coefficient (Wildman–Crippen LogP) is 1.74. The molecule has 4 nitrogen and oxygen atoms in total. The lowest BCUT2D eigenvalue weighted by atomic mass is 10.2. The van der Waals surface area contributed by atoms with E-state index in [9.17, 15) is 4.91 Å². The number of nitrogens with zero attached hydrogens (tertiary/aromatic N) is 2. The second kappa shape index (κ2) is 6.10. The summed E-state index contributed by atoms with van der Waals surface area (Å²) >= 11 is 0. The van der Waals surface area contributed by atoms with Crippen LogP contribution in [0.1, 0.15) is 12.5 Å². The van der Waals surface area contributed by atoms with Crippen molar-refractivity contribution in [2.75, 3.05) is 13.2 Å². The quantitative estimate of drug-likeness (QED) is 0.425. The molecule has 0 aliphatic rings. The third-order valence-corrected chi connectivity index (χ3v) is 1.95. The molecule has 1 N–H and O–H groups in total. The predicted molar refractivity (Wildman–Crippen MR) is 56.3 cm³/mol. The van der Waals surface area contributed by atoms with Gasteiger partial charge in [-0.3, -0.25) is 5.32 Å². The molecule has 76 valence electrons. The van der Waals surface area contributed by atoms with Crippen molar-refractivity contribution in [1.29, 1.82) is 0 Å². The summed E-state index contributed by atoms with van der Waals surface area (Å²) in [6.07, 6.45) is 0. The van der Waals surface area contributed by atoms with E-state index in [-0.39, 0.29) is 0 Å². The summed E-state index contributed by atoms with van der Waals surface area (Å²) in [6.45, 7) is 3.78. The van der Waals surface area contributed by atoms with Crippen molar-refractivity contribution in [3.63, 3.8) is 0 Å². The summed E-state index contributed by atoms with van der Waals surface area (Å²) in [7, 11) is 0. The van der Waals surface area contributed by atoms with E-state index in [1.54, 1.807) is 0 Å². The fourth-order valence-corrected chi connectivity index (χ4v) is 1.12. The van der Waals surface area contributed by atoms with Crippen LogP contribution in [0.4, 0.5) is 0 Å². The fourth-order valence-electron chi connectivity index (χ4n) is 1.12. The molecule has 0 saturated heterocycles. The smallest absolute Gasteiger partial charge is 0.0889 e. The van der Waals surface area contributed by atoms with E-state index in [0.29, 0.717) is 13.2 Å². The van der Waals surface area contributed by atoms with Crippen LogP contribution in [0, 0.1) is 4.91 Å². The third-order valence-electron chi connectivity index (χ3n) is 1.95. The van der Waals surface area contributed by atoms with Crippen molar-refractivity contribution in [2.45, 2.75) is 13.5 Å². The van der Waals surface area contributed by atoms with Gasteiger partial charge in [-0.25, -0.2) is 5.01 Å². The zero-order valence-electron chi connectivity index (χ0n) is 8.31. The number of nitrogens with one attached hydrogen (secondary N) is 1. The van der Waals surface area contributed by atoms with Crippen LogP contribution in [0.25, 0.3) is 0 Å². The van der Waals surface area contributed by atoms with Crippen LogP contribution in [0.3, 0.4) is 0 Å². The van der Waals surface area contributed by atoms with Gasteiger partial charge in [0.1, 0.15) is 0 Å². The standard InChI is InChI=1S/C10H15N3O/c1-2-13(12-14)9-11-8-10-6-4-3-5-7-10/h3-7,11H,2,8-9H2,1H3. The van der Waals surface area contributed by atoms with Crippen LogP contribution in [-0.4, -0.2) is 18.2 Å². The van der Waals surface area contributed by atoms with Gasteiger partial charge in [0.2, 0.25) is 0 Å². The van der Waals surface area contributed by atoms with Gasteiger partial charge in [-0.2, -0.15) is 0 Å². The Kier molecular flexibility index (Phi) is 4.64. The van der Waals surface area contributed by atoms with Gasteiger partial charge in [0, 0.05) is 13.1 Å². The highest BCUT2D eigenvalue weighted by Gasteiger charge is 1.97. The van der Waals surface area contributed by atoms with Crippen molar-refractivity contribution in [3.05, 3.63) is 40.8 Å². The molecule has 0 aliphatic carbocycles. The van der Waals surface area contributed by atoms with Gasteiger partial charge < -0.3 is 0 Å². The van der Waals surface area contributed by atoms with Gasteiger partial charge in [0.15, 0.2) is 0 Å². The SMILES string of the molecule is CCN(CNCc1ccccc1)N=O. The number of nitroso groups, excluding NO2 is 1.